The van der Waals surface area contributed by atoms with Crippen LogP contribution in [0.25, 0.3) is 0 Å². The second-order valence-corrected chi connectivity index (χ2v) is 10.5. The minimum absolute atomic E-state index is 0.00974. The smallest absolute Gasteiger partial charge is 0.281 e. The van der Waals surface area contributed by atoms with Gasteiger partial charge in [0.1, 0.15) is 11.9 Å². The summed E-state index contributed by atoms with van der Waals surface area (Å²) in [5, 5.41) is 0. The third-order valence-electron chi connectivity index (χ3n) is 6.26. The molecule has 4 rings (SSSR count). The maximum atomic E-state index is 12.7. The minimum Gasteiger partial charge on any atom is -0.490 e. The SMILES string of the molecule is CN(C)S(=O)(=O)N1CCC(Oc2ccc(C(=O)N3C[C@H]4CC[C@H]3C4)cc2)CC1. The highest BCUT2D eigenvalue weighted by atomic mass is 32.2. The molecule has 1 aromatic carbocycles. The van der Waals surface area contributed by atoms with E-state index in [9.17, 15) is 13.2 Å². The largest absolute Gasteiger partial charge is 0.490 e. The topological polar surface area (TPSA) is 70.2 Å². The molecule has 2 bridgehead atoms. The molecule has 3 fully saturated rings. The maximum Gasteiger partial charge on any atom is 0.281 e. The van der Waals surface area contributed by atoms with Crippen LogP contribution in [-0.2, 0) is 10.2 Å². The number of carbonyl (C=O) groups is 1. The zero-order valence-electron chi connectivity index (χ0n) is 16.6. The summed E-state index contributed by atoms with van der Waals surface area (Å²) in [5.41, 5.74) is 0.715. The molecule has 1 saturated carbocycles. The first-order valence-corrected chi connectivity index (χ1v) is 11.5. The van der Waals surface area contributed by atoms with Gasteiger partial charge in [0.25, 0.3) is 16.1 Å². The molecule has 1 amide bonds. The molecule has 2 saturated heterocycles. The number of benzene rings is 1. The molecule has 2 aliphatic heterocycles. The van der Waals surface area contributed by atoms with Crippen molar-refractivity contribution < 1.29 is 17.9 Å². The summed E-state index contributed by atoms with van der Waals surface area (Å²) < 4.78 is 33.1. The van der Waals surface area contributed by atoms with Crippen molar-refractivity contribution in [3.63, 3.8) is 0 Å². The third kappa shape index (κ3) is 3.77. The summed E-state index contributed by atoms with van der Waals surface area (Å²) in [5.74, 6) is 1.55. The van der Waals surface area contributed by atoms with E-state index in [4.69, 9.17) is 4.74 Å². The van der Waals surface area contributed by atoms with E-state index in [1.807, 2.05) is 29.2 Å². The van der Waals surface area contributed by atoms with Gasteiger partial charge in [0, 0.05) is 45.3 Å². The molecule has 1 aliphatic carbocycles. The number of ether oxygens (including phenoxy) is 1. The van der Waals surface area contributed by atoms with Gasteiger partial charge in [-0.3, -0.25) is 4.79 Å². The number of nitrogens with zero attached hydrogens (tertiary/aromatic N) is 3. The van der Waals surface area contributed by atoms with Gasteiger partial charge in [0.05, 0.1) is 0 Å². The molecular weight excluding hydrogens is 378 g/mol. The molecular formula is C20H29N3O4S. The predicted molar refractivity (Wildman–Crippen MR) is 106 cm³/mol. The molecule has 0 N–H and O–H groups in total. The monoisotopic (exact) mass is 407 g/mol. The Morgan fingerprint density at radius 2 is 1.75 bits per heavy atom. The average Bonchev–Trinajstić information content (AvgIpc) is 3.32. The third-order valence-corrected chi connectivity index (χ3v) is 8.20. The van der Waals surface area contributed by atoms with Gasteiger partial charge in [-0.05, 0) is 62.3 Å². The van der Waals surface area contributed by atoms with Gasteiger partial charge in [-0.1, -0.05) is 0 Å². The number of rotatable bonds is 5. The van der Waals surface area contributed by atoms with Gasteiger partial charge in [-0.25, -0.2) is 0 Å². The summed E-state index contributed by atoms with van der Waals surface area (Å²) in [6, 6.07) is 7.82. The Labute approximate surface area is 167 Å². The summed E-state index contributed by atoms with van der Waals surface area (Å²) in [6.07, 6.45) is 4.87. The summed E-state index contributed by atoms with van der Waals surface area (Å²) in [7, 11) is -0.255. The quantitative estimate of drug-likeness (QED) is 0.748. The van der Waals surface area contributed by atoms with E-state index in [0.29, 0.717) is 43.5 Å². The fraction of sp³-hybridized carbons (Fsp3) is 0.650. The number of fused-ring (bicyclic) bond motifs is 2. The lowest BCUT2D eigenvalue weighted by Crippen LogP contribution is -2.46. The fourth-order valence-electron chi connectivity index (χ4n) is 4.62. The van der Waals surface area contributed by atoms with Crippen LogP contribution in [0.2, 0.25) is 0 Å². The zero-order valence-corrected chi connectivity index (χ0v) is 17.4. The van der Waals surface area contributed by atoms with E-state index in [0.717, 1.165) is 25.1 Å². The molecule has 28 heavy (non-hydrogen) atoms. The molecule has 154 valence electrons. The van der Waals surface area contributed by atoms with E-state index >= 15 is 0 Å². The van der Waals surface area contributed by atoms with Crippen molar-refractivity contribution in [2.75, 3.05) is 33.7 Å². The number of carbonyl (C=O) groups excluding carboxylic acids is 1. The minimum atomic E-state index is -3.35. The standard InChI is InChI=1S/C20H29N3O4S/c1-21(2)28(25,26)22-11-9-19(10-12-22)27-18-7-4-16(5-8-18)20(24)23-14-15-3-6-17(23)13-15/h4-5,7-8,15,17,19H,3,6,9-14H2,1-2H3/t15-,17-/m0/s1. The van der Waals surface area contributed by atoms with E-state index < -0.39 is 10.2 Å². The molecule has 2 atom stereocenters. The number of amides is 1. The van der Waals surface area contributed by atoms with Crippen LogP contribution in [0.3, 0.4) is 0 Å². The van der Waals surface area contributed by atoms with Gasteiger partial charge >= 0.3 is 0 Å². The number of likely N-dealkylation sites (tertiary alicyclic amines) is 1. The molecule has 0 radical (unpaired) electrons. The van der Waals surface area contributed by atoms with Crippen molar-refractivity contribution >= 4 is 16.1 Å². The van der Waals surface area contributed by atoms with Crippen molar-refractivity contribution in [1.82, 2.24) is 13.5 Å². The van der Waals surface area contributed by atoms with E-state index in [-0.39, 0.29) is 12.0 Å². The van der Waals surface area contributed by atoms with Gasteiger partial charge in [-0.2, -0.15) is 17.0 Å². The van der Waals surface area contributed by atoms with Crippen molar-refractivity contribution in [3.8, 4) is 5.75 Å². The summed E-state index contributed by atoms with van der Waals surface area (Å²) in [4.78, 5) is 14.8. The zero-order chi connectivity index (χ0) is 19.9. The van der Waals surface area contributed by atoms with E-state index in [1.165, 1.54) is 15.0 Å². The Kier molecular flexibility index (Phi) is 5.37. The fourth-order valence-corrected chi connectivity index (χ4v) is 5.75. The number of piperidine rings is 2. The Balaban J connectivity index is 1.31. The van der Waals surface area contributed by atoms with Crippen LogP contribution in [-0.4, -0.2) is 73.7 Å². The van der Waals surface area contributed by atoms with Gasteiger partial charge < -0.3 is 9.64 Å². The van der Waals surface area contributed by atoms with Crippen LogP contribution in [0.4, 0.5) is 0 Å². The van der Waals surface area contributed by atoms with Crippen molar-refractivity contribution in [1.29, 1.82) is 0 Å². The lowest BCUT2D eigenvalue weighted by Gasteiger charge is -2.32. The van der Waals surface area contributed by atoms with Crippen molar-refractivity contribution in [2.24, 2.45) is 5.92 Å². The summed E-state index contributed by atoms with van der Waals surface area (Å²) in [6.45, 7) is 1.81. The Bertz CT molecular complexity index is 816. The van der Waals surface area contributed by atoms with Gasteiger partial charge in [-0.15, -0.1) is 0 Å². The van der Waals surface area contributed by atoms with Crippen LogP contribution >= 0.6 is 0 Å². The van der Waals surface area contributed by atoms with E-state index in [2.05, 4.69) is 0 Å². The first-order chi connectivity index (χ1) is 13.3. The Morgan fingerprint density at radius 1 is 1.07 bits per heavy atom. The Morgan fingerprint density at radius 3 is 2.29 bits per heavy atom. The lowest BCUT2D eigenvalue weighted by atomic mass is 10.1. The van der Waals surface area contributed by atoms with Crippen LogP contribution < -0.4 is 4.74 Å². The van der Waals surface area contributed by atoms with Crippen molar-refractivity contribution in [3.05, 3.63) is 29.8 Å². The lowest BCUT2D eigenvalue weighted by molar-refractivity contribution is 0.0703. The maximum absolute atomic E-state index is 12.7. The van der Waals surface area contributed by atoms with Gasteiger partial charge in [0.15, 0.2) is 0 Å². The summed E-state index contributed by atoms with van der Waals surface area (Å²) >= 11 is 0. The predicted octanol–water partition coefficient (Wildman–Crippen LogP) is 1.96. The highest BCUT2D eigenvalue weighted by molar-refractivity contribution is 7.86. The molecule has 2 heterocycles. The van der Waals surface area contributed by atoms with Crippen LogP contribution in [0.1, 0.15) is 42.5 Å². The van der Waals surface area contributed by atoms with E-state index in [1.54, 1.807) is 14.1 Å². The highest BCUT2D eigenvalue weighted by Gasteiger charge is 2.40. The molecule has 0 spiro atoms. The van der Waals surface area contributed by atoms with Crippen molar-refractivity contribution in [2.45, 2.75) is 44.2 Å². The molecule has 7 nitrogen and oxygen atoms in total. The molecule has 0 aromatic heterocycles. The number of hydrogen-bond donors (Lipinski definition) is 0. The van der Waals surface area contributed by atoms with Gasteiger partial charge in [0.2, 0.25) is 0 Å². The highest BCUT2D eigenvalue weighted by Crippen LogP contribution is 2.38. The molecule has 8 heteroatoms. The second kappa shape index (κ2) is 7.65. The van der Waals surface area contributed by atoms with Crippen LogP contribution in [0.15, 0.2) is 24.3 Å². The average molecular weight is 408 g/mol. The normalized spacial score (nSPS) is 26.2. The Hall–Kier alpha value is -1.64. The van der Waals surface area contributed by atoms with Crippen LogP contribution in [0.5, 0.6) is 5.75 Å². The molecule has 1 aromatic rings. The second-order valence-electron chi connectivity index (χ2n) is 8.32. The molecule has 3 aliphatic rings. The molecule has 0 unspecified atom stereocenters. The first kappa shape index (κ1) is 19.7. The van der Waals surface area contributed by atoms with Crippen LogP contribution in [0, 0.1) is 5.92 Å². The number of hydrogen-bond acceptors (Lipinski definition) is 4. The first-order valence-electron chi connectivity index (χ1n) is 10.1.